The van der Waals surface area contributed by atoms with E-state index in [0.29, 0.717) is 25.4 Å². The molecule has 1 aliphatic heterocycles. The van der Waals surface area contributed by atoms with Crippen molar-refractivity contribution < 1.29 is 28.5 Å². The summed E-state index contributed by atoms with van der Waals surface area (Å²) in [4.78, 5) is 23.0. The SMILES string of the molecule is CCOCO[C@@H](COc1ccc(CC2SC(=O)NC2=O)cc1)c1cccc(OC)c1. The molecule has 2 atom stereocenters. The molecule has 30 heavy (non-hydrogen) atoms. The predicted octanol–water partition coefficient (Wildman–Crippen LogP) is 3.72. The number of thioether (sulfide) groups is 1. The molecule has 3 rings (SSSR count). The molecule has 2 amide bonds. The van der Waals surface area contributed by atoms with Crippen molar-refractivity contribution >= 4 is 22.9 Å². The van der Waals surface area contributed by atoms with Gasteiger partial charge in [-0.05, 0) is 48.7 Å². The van der Waals surface area contributed by atoms with E-state index in [0.717, 1.165) is 28.6 Å². The lowest BCUT2D eigenvalue weighted by molar-refractivity contribution is -0.118. The van der Waals surface area contributed by atoms with E-state index >= 15 is 0 Å². The number of hydrogen-bond donors (Lipinski definition) is 1. The van der Waals surface area contributed by atoms with E-state index in [2.05, 4.69) is 5.32 Å². The smallest absolute Gasteiger partial charge is 0.286 e. The van der Waals surface area contributed by atoms with Crippen molar-refractivity contribution in [2.24, 2.45) is 0 Å². The minimum atomic E-state index is -0.381. The van der Waals surface area contributed by atoms with Crippen LogP contribution in [-0.2, 0) is 20.7 Å². The molecule has 0 aromatic heterocycles. The van der Waals surface area contributed by atoms with Gasteiger partial charge in [-0.1, -0.05) is 36.0 Å². The number of nitrogens with one attached hydrogen (secondary N) is 1. The monoisotopic (exact) mass is 431 g/mol. The van der Waals surface area contributed by atoms with Gasteiger partial charge in [0.2, 0.25) is 5.91 Å². The minimum Gasteiger partial charge on any atom is -0.497 e. The Kier molecular flexibility index (Phi) is 8.12. The maximum atomic E-state index is 11.7. The van der Waals surface area contributed by atoms with Gasteiger partial charge in [0.05, 0.1) is 12.4 Å². The number of imide groups is 1. The summed E-state index contributed by atoms with van der Waals surface area (Å²) in [6.07, 6.45) is 0.169. The van der Waals surface area contributed by atoms with E-state index in [-0.39, 0.29) is 29.3 Å². The first-order valence-corrected chi connectivity index (χ1v) is 10.5. The molecule has 0 spiro atoms. The molecular formula is C22H25NO6S. The second-order valence-corrected chi connectivity index (χ2v) is 7.76. The summed E-state index contributed by atoms with van der Waals surface area (Å²) in [5.74, 6) is 1.19. The number of carbonyl (C=O) groups is 2. The van der Waals surface area contributed by atoms with Crippen LogP contribution in [0.2, 0.25) is 0 Å². The van der Waals surface area contributed by atoms with Gasteiger partial charge in [-0.3, -0.25) is 14.9 Å². The highest BCUT2D eigenvalue weighted by atomic mass is 32.2. The summed E-state index contributed by atoms with van der Waals surface area (Å²) in [7, 11) is 1.62. The van der Waals surface area contributed by atoms with Crippen molar-refractivity contribution in [1.82, 2.24) is 5.32 Å². The van der Waals surface area contributed by atoms with Crippen molar-refractivity contribution in [3.05, 3.63) is 59.7 Å². The molecular weight excluding hydrogens is 406 g/mol. The van der Waals surface area contributed by atoms with Crippen LogP contribution < -0.4 is 14.8 Å². The normalized spacial score (nSPS) is 16.9. The Bertz CT molecular complexity index is 857. The summed E-state index contributed by atoms with van der Waals surface area (Å²) in [6.45, 7) is 2.94. The van der Waals surface area contributed by atoms with E-state index in [9.17, 15) is 9.59 Å². The number of carbonyl (C=O) groups excluding carboxylic acids is 2. The molecule has 0 aliphatic carbocycles. The van der Waals surface area contributed by atoms with Gasteiger partial charge in [-0.25, -0.2) is 0 Å². The minimum absolute atomic E-state index is 0.167. The van der Waals surface area contributed by atoms with Gasteiger partial charge in [0.25, 0.3) is 5.24 Å². The summed E-state index contributed by atoms with van der Waals surface area (Å²) >= 11 is 1.03. The fourth-order valence-corrected chi connectivity index (χ4v) is 3.79. The molecule has 0 saturated carbocycles. The molecule has 1 unspecified atom stereocenters. The highest BCUT2D eigenvalue weighted by Crippen LogP contribution is 2.26. The second kappa shape index (κ2) is 11.0. The third-order valence-corrected chi connectivity index (χ3v) is 5.52. The van der Waals surface area contributed by atoms with Gasteiger partial charge in [0.1, 0.15) is 31.0 Å². The first kappa shape index (κ1) is 22.1. The van der Waals surface area contributed by atoms with E-state index in [1.165, 1.54) is 0 Å². The fourth-order valence-electron chi connectivity index (χ4n) is 2.93. The highest BCUT2D eigenvalue weighted by molar-refractivity contribution is 8.15. The van der Waals surface area contributed by atoms with E-state index < -0.39 is 0 Å². The average Bonchev–Trinajstić information content (AvgIpc) is 3.08. The van der Waals surface area contributed by atoms with E-state index in [1.807, 2.05) is 55.5 Å². The Labute approximate surface area is 180 Å². The van der Waals surface area contributed by atoms with Crippen LogP contribution in [0.15, 0.2) is 48.5 Å². The summed E-state index contributed by atoms with van der Waals surface area (Å²) in [5, 5.41) is 1.63. The molecule has 8 heteroatoms. The standard InChI is InChI=1S/C22H25NO6S/c1-3-27-14-29-19(16-5-4-6-18(12-16)26-2)13-28-17-9-7-15(8-10-17)11-20-21(24)23-22(25)30-20/h4-10,12,19-20H,3,11,13-14H2,1-2H3,(H,23,24,25)/t19-,20?/m0/s1. The maximum Gasteiger partial charge on any atom is 0.286 e. The Morgan fingerprint density at radius 1 is 1.10 bits per heavy atom. The molecule has 2 aromatic carbocycles. The predicted molar refractivity (Wildman–Crippen MR) is 114 cm³/mol. The number of ether oxygens (including phenoxy) is 4. The fraction of sp³-hybridized carbons (Fsp3) is 0.364. The molecule has 0 bridgehead atoms. The molecule has 2 aromatic rings. The third kappa shape index (κ3) is 6.22. The summed E-state index contributed by atoms with van der Waals surface area (Å²) < 4.78 is 22.4. The zero-order chi connectivity index (χ0) is 21.3. The molecule has 160 valence electrons. The van der Waals surface area contributed by atoms with Crippen molar-refractivity contribution in [2.75, 3.05) is 27.1 Å². The number of benzene rings is 2. The molecule has 1 heterocycles. The highest BCUT2D eigenvalue weighted by Gasteiger charge is 2.31. The Morgan fingerprint density at radius 2 is 1.90 bits per heavy atom. The van der Waals surface area contributed by atoms with Gasteiger partial charge < -0.3 is 18.9 Å². The summed E-state index contributed by atoms with van der Waals surface area (Å²) in [6, 6.07) is 15.1. The van der Waals surface area contributed by atoms with Gasteiger partial charge in [-0.2, -0.15) is 0 Å². The molecule has 1 N–H and O–H groups in total. The van der Waals surface area contributed by atoms with Crippen LogP contribution >= 0.6 is 11.8 Å². The van der Waals surface area contributed by atoms with Gasteiger partial charge in [0, 0.05) is 6.61 Å². The van der Waals surface area contributed by atoms with Crippen LogP contribution in [0.25, 0.3) is 0 Å². The van der Waals surface area contributed by atoms with Gasteiger partial charge in [-0.15, -0.1) is 0 Å². The van der Waals surface area contributed by atoms with E-state index in [1.54, 1.807) is 7.11 Å². The topological polar surface area (TPSA) is 83.1 Å². The largest absolute Gasteiger partial charge is 0.497 e. The molecule has 1 saturated heterocycles. The Morgan fingerprint density at radius 3 is 2.57 bits per heavy atom. The zero-order valence-electron chi connectivity index (χ0n) is 17.0. The second-order valence-electron chi connectivity index (χ2n) is 6.58. The van der Waals surface area contributed by atoms with Crippen LogP contribution in [0.4, 0.5) is 4.79 Å². The summed E-state index contributed by atoms with van der Waals surface area (Å²) in [5.41, 5.74) is 1.89. The molecule has 0 radical (unpaired) electrons. The third-order valence-electron chi connectivity index (χ3n) is 4.54. The van der Waals surface area contributed by atoms with Crippen molar-refractivity contribution in [3.63, 3.8) is 0 Å². The van der Waals surface area contributed by atoms with Crippen molar-refractivity contribution in [1.29, 1.82) is 0 Å². The molecule has 7 nitrogen and oxygen atoms in total. The van der Waals surface area contributed by atoms with E-state index in [4.69, 9.17) is 18.9 Å². The van der Waals surface area contributed by atoms with Crippen LogP contribution in [0.1, 0.15) is 24.2 Å². The van der Waals surface area contributed by atoms with Crippen molar-refractivity contribution in [2.45, 2.75) is 24.7 Å². The van der Waals surface area contributed by atoms with Gasteiger partial charge in [0.15, 0.2) is 0 Å². The lowest BCUT2D eigenvalue weighted by atomic mass is 10.1. The zero-order valence-corrected chi connectivity index (χ0v) is 17.8. The number of methoxy groups -OCH3 is 1. The molecule has 1 fully saturated rings. The lowest BCUT2D eigenvalue weighted by Crippen LogP contribution is -2.25. The Hall–Kier alpha value is -2.55. The van der Waals surface area contributed by atoms with Crippen LogP contribution in [0, 0.1) is 0 Å². The first-order valence-electron chi connectivity index (χ1n) is 9.65. The van der Waals surface area contributed by atoms with Crippen molar-refractivity contribution in [3.8, 4) is 11.5 Å². The van der Waals surface area contributed by atoms with Crippen LogP contribution in [-0.4, -0.2) is 43.5 Å². The quantitative estimate of drug-likeness (QED) is 0.429. The number of amides is 2. The number of hydrogen-bond acceptors (Lipinski definition) is 7. The lowest BCUT2D eigenvalue weighted by Gasteiger charge is -2.19. The van der Waals surface area contributed by atoms with Crippen LogP contribution in [0.5, 0.6) is 11.5 Å². The maximum absolute atomic E-state index is 11.7. The number of rotatable bonds is 11. The average molecular weight is 432 g/mol. The first-order chi connectivity index (χ1) is 14.6. The Balaban J connectivity index is 1.60. The molecule has 1 aliphatic rings. The van der Waals surface area contributed by atoms with Crippen LogP contribution in [0.3, 0.4) is 0 Å². The van der Waals surface area contributed by atoms with Gasteiger partial charge >= 0.3 is 0 Å².